The zero-order valence-electron chi connectivity index (χ0n) is 15.0. The fourth-order valence-corrected chi connectivity index (χ4v) is 2.69. The Morgan fingerprint density at radius 3 is 2.58 bits per heavy atom. The fourth-order valence-electron chi connectivity index (χ4n) is 2.69. The van der Waals surface area contributed by atoms with Crippen molar-refractivity contribution in [2.45, 2.75) is 26.7 Å². The van der Waals surface area contributed by atoms with Crippen LogP contribution < -0.4 is 0 Å². The second-order valence-corrected chi connectivity index (χ2v) is 6.38. The van der Waals surface area contributed by atoms with Crippen molar-refractivity contribution in [3.8, 4) is 0 Å². The van der Waals surface area contributed by atoms with Gasteiger partial charge in [-0.1, -0.05) is 36.4 Å². The van der Waals surface area contributed by atoms with Crippen LogP contribution in [0.15, 0.2) is 54.6 Å². The maximum absolute atomic E-state index is 12.1. The normalized spacial score (nSPS) is 10.7. The zero-order valence-corrected chi connectivity index (χ0v) is 15.0. The van der Waals surface area contributed by atoms with Gasteiger partial charge in [-0.05, 0) is 43.2 Å². The molecule has 0 amide bonds. The molecule has 3 rings (SSSR count). The third kappa shape index (κ3) is 4.33. The van der Waals surface area contributed by atoms with E-state index in [1.165, 1.54) is 0 Å². The Bertz CT molecular complexity index is 963. The molecule has 1 heterocycles. The highest BCUT2D eigenvalue weighted by molar-refractivity contribution is 5.98. The van der Waals surface area contributed by atoms with Gasteiger partial charge in [-0.2, -0.15) is 0 Å². The van der Waals surface area contributed by atoms with Crippen molar-refractivity contribution in [3.63, 3.8) is 0 Å². The average Bonchev–Trinajstić information content (AvgIpc) is 2.66. The summed E-state index contributed by atoms with van der Waals surface area (Å²) < 4.78 is 5.12. The zero-order chi connectivity index (χ0) is 18.5. The van der Waals surface area contributed by atoms with Crippen LogP contribution in [0.1, 0.15) is 33.6 Å². The van der Waals surface area contributed by atoms with Crippen molar-refractivity contribution in [3.05, 3.63) is 77.0 Å². The predicted octanol–water partition coefficient (Wildman–Crippen LogP) is 4.21. The first-order valence-corrected chi connectivity index (χ1v) is 8.63. The number of nitrogens with zero attached hydrogens (tertiary/aromatic N) is 1. The molecule has 0 fully saturated rings. The third-order valence-electron chi connectivity index (χ3n) is 4.43. The van der Waals surface area contributed by atoms with Gasteiger partial charge in [0.05, 0.1) is 11.9 Å². The summed E-state index contributed by atoms with van der Waals surface area (Å²) in [4.78, 5) is 28.6. The van der Waals surface area contributed by atoms with Gasteiger partial charge in [0.2, 0.25) is 0 Å². The number of aromatic nitrogens is 1. The van der Waals surface area contributed by atoms with E-state index >= 15 is 0 Å². The monoisotopic (exact) mass is 347 g/mol. The maximum atomic E-state index is 12.1. The number of hydrogen-bond acceptors (Lipinski definition) is 4. The molecule has 0 bridgehead atoms. The first-order valence-electron chi connectivity index (χ1n) is 8.63. The molecule has 0 aliphatic heterocycles. The van der Waals surface area contributed by atoms with Crippen LogP contribution in [0.5, 0.6) is 0 Å². The number of rotatable bonds is 6. The lowest BCUT2D eigenvalue weighted by molar-refractivity contribution is -0.142. The molecule has 0 N–H and O–H groups in total. The van der Waals surface area contributed by atoms with E-state index in [1.807, 2.05) is 62.4 Å². The van der Waals surface area contributed by atoms with E-state index in [2.05, 4.69) is 4.98 Å². The molecular formula is C22H21NO3. The van der Waals surface area contributed by atoms with Gasteiger partial charge in [0.25, 0.3) is 0 Å². The van der Waals surface area contributed by atoms with Gasteiger partial charge in [0, 0.05) is 23.1 Å². The molecule has 0 unspecified atom stereocenters. The van der Waals surface area contributed by atoms with Crippen molar-refractivity contribution in [2.75, 3.05) is 6.61 Å². The standard InChI is InChI=1S/C22H21NO3/c1-15-7-8-18(13-16(15)2)21(24)14-26-22(25)12-11-19-10-9-17-5-3-4-6-20(17)23-19/h3-10,13H,11-12,14H2,1-2H3. The number of benzene rings is 2. The number of fused-ring (bicyclic) bond motifs is 1. The lowest BCUT2D eigenvalue weighted by atomic mass is 10.0. The number of hydrogen-bond donors (Lipinski definition) is 0. The average molecular weight is 347 g/mol. The molecule has 0 atom stereocenters. The molecule has 0 saturated heterocycles. The highest BCUT2D eigenvalue weighted by Gasteiger charge is 2.11. The number of para-hydroxylation sites is 1. The van der Waals surface area contributed by atoms with E-state index in [9.17, 15) is 9.59 Å². The molecule has 26 heavy (non-hydrogen) atoms. The minimum absolute atomic E-state index is 0.190. The summed E-state index contributed by atoms with van der Waals surface area (Å²) in [6.07, 6.45) is 0.688. The summed E-state index contributed by atoms with van der Waals surface area (Å²) in [5.41, 5.74) is 4.48. The Hall–Kier alpha value is -3.01. The van der Waals surface area contributed by atoms with Crippen LogP contribution in [0, 0.1) is 13.8 Å². The smallest absolute Gasteiger partial charge is 0.306 e. The van der Waals surface area contributed by atoms with Gasteiger partial charge in [-0.3, -0.25) is 14.6 Å². The van der Waals surface area contributed by atoms with Gasteiger partial charge in [-0.25, -0.2) is 0 Å². The number of pyridine rings is 1. The van der Waals surface area contributed by atoms with Crippen LogP contribution in [-0.4, -0.2) is 23.3 Å². The molecule has 0 spiro atoms. The van der Waals surface area contributed by atoms with Gasteiger partial charge in [-0.15, -0.1) is 0 Å². The van der Waals surface area contributed by atoms with E-state index in [4.69, 9.17) is 4.74 Å². The van der Waals surface area contributed by atoms with E-state index in [0.29, 0.717) is 12.0 Å². The molecular weight excluding hydrogens is 326 g/mol. The van der Waals surface area contributed by atoms with Crippen molar-refractivity contribution < 1.29 is 14.3 Å². The molecule has 132 valence electrons. The lowest BCUT2D eigenvalue weighted by Gasteiger charge is -2.07. The maximum Gasteiger partial charge on any atom is 0.306 e. The Morgan fingerprint density at radius 1 is 0.962 bits per heavy atom. The van der Waals surface area contributed by atoms with Gasteiger partial charge in [0.1, 0.15) is 0 Å². The highest BCUT2D eigenvalue weighted by atomic mass is 16.5. The van der Waals surface area contributed by atoms with Crippen LogP contribution in [0.25, 0.3) is 10.9 Å². The summed E-state index contributed by atoms with van der Waals surface area (Å²) in [5, 5.41) is 1.07. The first kappa shape index (κ1) is 17.8. The van der Waals surface area contributed by atoms with Gasteiger partial charge >= 0.3 is 5.97 Å². The van der Waals surface area contributed by atoms with Crippen LogP contribution in [0.4, 0.5) is 0 Å². The molecule has 0 aliphatic carbocycles. The minimum atomic E-state index is -0.392. The molecule has 2 aromatic carbocycles. The number of Topliss-reactive ketones (excluding diaryl/α,β-unsaturated/α-hetero) is 1. The van der Waals surface area contributed by atoms with Crippen molar-refractivity contribution in [2.24, 2.45) is 0 Å². The lowest BCUT2D eigenvalue weighted by Crippen LogP contribution is -2.15. The highest BCUT2D eigenvalue weighted by Crippen LogP contribution is 2.13. The van der Waals surface area contributed by atoms with E-state index in [-0.39, 0.29) is 18.8 Å². The number of aryl methyl sites for hydroxylation is 3. The second kappa shape index (κ2) is 7.91. The van der Waals surface area contributed by atoms with Crippen LogP contribution >= 0.6 is 0 Å². The Balaban J connectivity index is 1.51. The molecule has 4 heteroatoms. The summed E-state index contributed by atoms with van der Waals surface area (Å²) >= 11 is 0. The van der Waals surface area contributed by atoms with Crippen molar-refractivity contribution >= 4 is 22.7 Å². The van der Waals surface area contributed by atoms with Crippen molar-refractivity contribution in [1.82, 2.24) is 4.98 Å². The SMILES string of the molecule is Cc1ccc(C(=O)COC(=O)CCc2ccc3ccccc3n2)cc1C. The fraction of sp³-hybridized carbons (Fsp3) is 0.227. The minimum Gasteiger partial charge on any atom is -0.457 e. The largest absolute Gasteiger partial charge is 0.457 e. The third-order valence-corrected chi connectivity index (χ3v) is 4.43. The van der Waals surface area contributed by atoms with E-state index in [1.54, 1.807) is 6.07 Å². The van der Waals surface area contributed by atoms with Crippen LogP contribution in [0.3, 0.4) is 0 Å². The quantitative estimate of drug-likeness (QED) is 0.495. The van der Waals surface area contributed by atoms with Gasteiger partial charge in [0.15, 0.2) is 12.4 Å². The molecule has 0 saturated carbocycles. The molecule has 1 aromatic heterocycles. The molecule has 4 nitrogen and oxygen atoms in total. The number of carbonyl (C=O) groups excluding carboxylic acids is 2. The van der Waals surface area contributed by atoms with Crippen molar-refractivity contribution in [1.29, 1.82) is 0 Å². The molecule has 0 radical (unpaired) electrons. The van der Waals surface area contributed by atoms with E-state index in [0.717, 1.165) is 27.7 Å². The summed E-state index contributed by atoms with van der Waals surface area (Å²) in [6.45, 7) is 3.71. The Labute approximate surface area is 152 Å². The summed E-state index contributed by atoms with van der Waals surface area (Å²) in [5.74, 6) is -0.581. The summed E-state index contributed by atoms with van der Waals surface area (Å²) in [7, 11) is 0. The number of ketones is 1. The van der Waals surface area contributed by atoms with Crippen LogP contribution in [0.2, 0.25) is 0 Å². The Kier molecular flexibility index (Phi) is 5.42. The number of esters is 1. The Morgan fingerprint density at radius 2 is 1.77 bits per heavy atom. The second-order valence-electron chi connectivity index (χ2n) is 6.38. The number of carbonyl (C=O) groups is 2. The first-order chi connectivity index (χ1) is 12.5. The van der Waals surface area contributed by atoms with E-state index < -0.39 is 5.97 Å². The number of ether oxygens (including phenoxy) is 1. The topological polar surface area (TPSA) is 56.3 Å². The summed E-state index contributed by atoms with van der Waals surface area (Å²) in [6, 6.07) is 17.2. The predicted molar refractivity (Wildman–Crippen MR) is 101 cm³/mol. The molecule has 0 aliphatic rings. The van der Waals surface area contributed by atoms with Gasteiger partial charge < -0.3 is 4.74 Å². The van der Waals surface area contributed by atoms with Crippen LogP contribution in [-0.2, 0) is 16.0 Å². The molecule has 3 aromatic rings.